The van der Waals surface area contributed by atoms with Gasteiger partial charge in [-0.2, -0.15) is 0 Å². The van der Waals surface area contributed by atoms with Crippen molar-refractivity contribution in [1.29, 1.82) is 0 Å². The molecule has 2 aromatic carbocycles. The maximum atomic E-state index is 12.5. The molecule has 1 fully saturated rings. The third kappa shape index (κ3) is 4.22. The zero-order chi connectivity index (χ0) is 19.4. The SMILES string of the molecule is COc1ccc(N2CC(C(=O)NCc3cccc(C)c3)CC2=O)cc1OC. The number of aryl methyl sites for hydroxylation is 1. The van der Waals surface area contributed by atoms with Crippen LogP contribution < -0.4 is 19.7 Å². The summed E-state index contributed by atoms with van der Waals surface area (Å²) in [5.41, 5.74) is 2.90. The van der Waals surface area contributed by atoms with Crippen LogP contribution in [0.2, 0.25) is 0 Å². The van der Waals surface area contributed by atoms with Crippen LogP contribution in [-0.2, 0) is 16.1 Å². The van der Waals surface area contributed by atoms with Crippen LogP contribution in [0, 0.1) is 12.8 Å². The molecule has 1 heterocycles. The summed E-state index contributed by atoms with van der Waals surface area (Å²) in [7, 11) is 3.11. The van der Waals surface area contributed by atoms with Crippen molar-refractivity contribution in [2.75, 3.05) is 25.7 Å². The van der Waals surface area contributed by atoms with Crippen molar-refractivity contribution in [2.24, 2.45) is 5.92 Å². The largest absolute Gasteiger partial charge is 0.493 e. The predicted octanol–water partition coefficient (Wildman–Crippen LogP) is 2.68. The van der Waals surface area contributed by atoms with E-state index < -0.39 is 0 Å². The van der Waals surface area contributed by atoms with Gasteiger partial charge in [0.2, 0.25) is 11.8 Å². The number of carbonyl (C=O) groups is 2. The molecule has 1 aliphatic rings. The number of anilines is 1. The fourth-order valence-electron chi connectivity index (χ4n) is 3.28. The Balaban J connectivity index is 1.65. The van der Waals surface area contributed by atoms with Gasteiger partial charge in [0, 0.05) is 31.3 Å². The summed E-state index contributed by atoms with van der Waals surface area (Å²) in [6, 6.07) is 13.3. The predicted molar refractivity (Wildman–Crippen MR) is 103 cm³/mol. The molecule has 2 aromatic rings. The van der Waals surface area contributed by atoms with E-state index in [1.54, 1.807) is 37.3 Å². The van der Waals surface area contributed by atoms with Gasteiger partial charge in [0.1, 0.15) is 0 Å². The lowest BCUT2D eigenvalue weighted by atomic mass is 10.1. The maximum absolute atomic E-state index is 12.5. The minimum absolute atomic E-state index is 0.0714. The highest BCUT2D eigenvalue weighted by Crippen LogP contribution is 2.34. The van der Waals surface area contributed by atoms with E-state index in [1.807, 2.05) is 31.2 Å². The minimum Gasteiger partial charge on any atom is -0.493 e. The van der Waals surface area contributed by atoms with E-state index in [9.17, 15) is 9.59 Å². The topological polar surface area (TPSA) is 67.9 Å². The molecule has 1 N–H and O–H groups in total. The number of carbonyl (C=O) groups excluding carboxylic acids is 2. The molecule has 1 aliphatic heterocycles. The monoisotopic (exact) mass is 368 g/mol. The lowest BCUT2D eigenvalue weighted by Crippen LogP contribution is -2.32. The highest BCUT2D eigenvalue weighted by molar-refractivity contribution is 6.00. The quantitative estimate of drug-likeness (QED) is 0.851. The van der Waals surface area contributed by atoms with Crippen LogP contribution in [-0.4, -0.2) is 32.6 Å². The number of rotatable bonds is 6. The molecular weight excluding hydrogens is 344 g/mol. The molecule has 1 saturated heterocycles. The van der Waals surface area contributed by atoms with E-state index in [0.717, 1.165) is 11.1 Å². The van der Waals surface area contributed by atoms with E-state index in [1.165, 1.54) is 0 Å². The Morgan fingerprint density at radius 1 is 1.15 bits per heavy atom. The Labute approximate surface area is 159 Å². The Morgan fingerprint density at radius 2 is 1.93 bits per heavy atom. The summed E-state index contributed by atoms with van der Waals surface area (Å²) < 4.78 is 10.5. The molecule has 0 aromatic heterocycles. The molecular formula is C21H24N2O4. The molecule has 0 saturated carbocycles. The zero-order valence-corrected chi connectivity index (χ0v) is 15.8. The van der Waals surface area contributed by atoms with E-state index in [4.69, 9.17) is 9.47 Å². The van der Waals surface area contributed by atoms with Crippen LogP contribution in [0.25, 0.3) is 0 Å². The highest BCUT2D eigenvalue weighted by Gasteiger charge is 2.35. The first-order valence-corrected chi connectivity index (χ1v) is 8.87. The Kier molecular flexibility index (Phi) is 5.64. The van der Waals surface area contributed by atoms with E-state index in [-0.39, 0.29) is 24.2 Å². The van der Waals surface area contributed by atoms with Gasteiger partial charge in [0.05, 0.1) is 20.1 Å². The average Bonchev–Trinajstić information content (AvgIpc) is 3.07. The number of ether oxygens (including phenoxy) is 2. The summed E-state index contributed by atoms with van der Waals surface area (Å²) in [4.78, 5) is 26.6. The average molecular weight is 368 g/mol. The molecule has 6 nitrogen and oxygen atoms in total. The summed E-state index contributed by atoms with van der Waals surface area (Å²) in [5, 5.41) is 2.94. The molecule has 6 heteroatoms. The van der Waals surface area contributed by atoms with Gasteiger partial charge in [-0.3, -0.25) is 9.59 Å². The lowest BCUT2D eigenvalue weighted by Gasteiger charge is -2.18. The van der Waals surface area contributed by atoms with Gasteiger partial charge in [0.25, 0.3) is 0 Å². The van der Waals surface area contributed by atoms with Crippen LogP contribution in [0.4, 0.5) is 5.69 Å². The van der Waals surface area contributed by atoms with Crippen molar-refractivity contribution >= 4 is 17.5 Å². The first kappa shape index (κ1) is 18.8. The summed E-state index contributed by atoms with van der Waals surface area (Å²) in [6.45, 7) is 2.83. The first-order valence-electron chi connectivity index (χ1n) is 8.87. The smallest absolute Gasteiger partial charge is 0.227 e. The van der Waals surface area contributed by atoms with Crippen molar-refractivity contribution in [3.63, 3.8) is 0 Å². The summed E-state index contributed by atoms with van der Waals surface area (Å²) >= 11 is 0. The number of nitrogens with zero attached hydrogens (tertiary/aromatic N) is 1. The van der Waals surface area contributed by atoms with Crippen molar-refractivity contribution in [1.82, 2.24) is 5.32 Å². The van der Waals surface area contributed by atoms with Crippen LogP contribution in [0.15, 0.2) is 42.5 Å². The second-order valence-electron chi connectivity index (χ2n) is 6.65. The Bertz CT molecular complexity index is 850. The molecule has 1 unspecified atom stereocenters. The molecule has 27 heavy (non-hydrogen) atoms. The van der Waals surface area contributed by atoms with Crippen LogP contribution >= 0.6 is 0 Å². The van der Waals surface area contributed by atoms with Gasteiger partial charge in [-0.1, -0.05) is 29.8 Å². The molecule has 0 aliphatic carbocycles. The standard InChI is InChI=1S/C21H24N2O4/c1-14-5-4-6-15(9-14)12-22-21(25)16-10-20(24)23(13-16)17-7-8-18(26-2)19(11-17)27-3/h4-9,11,16H,10,12-13H2,1-3H3,(H,22,25). The summed E-state index contributed by atoms with van der Waals surface area (Å²) in [5.74, 6) is 0.608. The third-order valence-corrected chi connectivity index (χ3v) is 4.72. The molecule has 142 valence electrons. The second kappa shape index (κ2) is 8.12. The number of methoxy groups -OCH3 is 2. The van der Waals surface area contributed by atoms with Gasteiger partial charge >= 0.3 is 0 Å². The summed E-state index contributed by atoms with van der Waals surface area (Å²) in [6.07, 6.45) is 0.202. The van der Waals surface area contributed by atoms with Crippen molar-refractivity contribution in [2.45, 2.75) is 19.9 Å². The van der Waals surface area contributed by atoms with Crippen LogP contribution in [0.5, 0.6) is 11.5 Å². The molecule has 3 rings (SSSR count). The Hall–Kier alpha value is -3.02. The molecule has 0 radical (unpaired) electrons. The van der Waals surface area contributed by atoms with Crippen molar-refractivity contribution in [3.05, 3.63) is 53.6 Å². The fourth-order valence-corrected chi connectivity index (χ4v) is 3.28. The normalized spacial score (nSPS) is 16.3. The highest BCUT2D eigenvalue weighted by atomic mass is 16.5. The van der Waals surface area contributed by atoms with Gasteiger partial charge in [-0.05, 0) is 24.6 Å². The third-order valence-electron chi connectivity index (χ3n) is 4.72. The zero-order valence-electron chi connectivity index (χ0n) is 15.8. The molecule has 1 atom stereocenters. The van der Waals surface area contributed by atoms with Crippen LogP contribution in [0.3, 0.4) is 0 Å². The van der Waals surface area contributed by atoms with E-state index in [0.29, 0.717) is 30.3 Å². The number of hydrogen-bond acceptors (Lipinski definition) is 4. The van der Waals surface area contributed by atoms with Crippen LogP contribution in [0.1, 0.15) is 17.5 Å². The van der Waals surface area contributed by atoms with Crippen molar-refractivity contribution in [3.8, 4) is 11.5 Å². The van der Waals surface area contributed by atoms with E-state index in [2.05, 4.69) is 5.32 Å². The first-order chi connectivity index (χ1) is 13.0. The number of hydrogen-bond donors (Lipinski definition) is 1. The fraction of sp³-hybridized carbons (Fsp3) is 0.333. The van der Waals surface area contributed by atoms with Gasteiger partial charge in [-0.25, -0.2) is 0 Å². The number of nitrogens with one attached hydrogen (secondary N) is 1. The minimum atomic E-state index is -0.365. The molecule has 2 amide bonds. The second-order valence-corrected chi connectivity index (χ2v) is 6.65. The van der Waals surface area contributed by atoms with Gasteiger partial charge in [0.15, 0.2) is 11.5 Å². The van der Waals surface area contributed by atoms with Crippen molar-refractivity contribution < 1.29 is 19.1 Å². The molecule has 0 spiro atoms. The Morgan fingerprint density at radius 3 is 2.63 bits per heavy atom. The lowest BCUT2D eigenvalue weighted by molar-refractivity contribution is -0.126. The number of amides is 2. The van der Waals surface area contributed by atoms with Gasteiger partial charge < -0.3 is 19.7 Å². The maximum Gasteiger partial charge on any atom is 0.227 e. The van der Waals surface area contributed by atoms with E-state index >= 15 is 0 Å². The number of benzene rings is 2. The van der Waals surface area contributed by atoms with Gasteiger partial charge in [-0.15, -0.1) is 0 Å². The molecule has 0 bridgehead atoms.